The van der Waals surface area contributed by atoms with E-state index in [1.165, 1.54) is 7.11 Å². The highest BCUT2D eigenvalue weighted by Crippen LogP contribution is 2.29. The molecule has 0 aliphatic carbocycles. The number of benzene rings is 1. The summed E-state index contributed by atoms with van der Waals surface area (Å²) in [6.07, 6.45) is -0.0287. The molecule has 0 aromatic heterocycles. The van der Waals surface area contributed by atoms with E-state index >= 15 is 0 Å². The molecular formula is C15H23NO4. The van der Waals surface area contributed by atoms with Crippen molar-refractivity contribution in [1.29, 1.82) is 0 Å². The molecule has 0 spiro atoms. The Balaban J connectivity index is 2.82. The van der Waals surface area contributed by atoms with Crippen LogP contribution < -0.4 is 15.2 Å². The van der Waals surface area contributed by atoms with Crippen molar-refractivity contribution in [3.8, 4) is 11.5 Å². The van der Waals surface area contributed by atoms with Crippen LogP contribution in [0.5, 0.6) is 11.5 Å². The summed E-state index contributed by atoms with van der Waals surface area (Å²) in [6.45, 7) is 7.25. The molecule has 1 aromatic rings. The van der Waals surface area contributed by atoms with Crippen LogP contribution in [0.1, 0.15) is 33.3 Å². The van der Waals surface area contributed by atoms with Crippen molar-refractivity contribution in [3.63, 3.8) is 0 Å². The van der Waals surface area contributed by atoms with Crippen molar-refractivity contribution in [1.82, 2.24) is 0 Å². The Morgan fingerprint density at radius 3 is 2.45 bits per heavy atom. The van der Waals surface area contributed by atoms with E-state index in [9.17, 15) is 4.79 Å². The molecule has 20 heavy (non-hydrogen) atoms. The lowest BCUT2D eigenvalue weighted by Crippen LogP contribution is -2.26. The van der Waals surface area contributed by atoms with Crippen LogP contribution >= 0.6 is 0 Å². The fourth-order valence-electron chi connectivity index (χ4n) is 1.66. The number of ether oxygens (including phenoxy) is 3. The highest BCUT2D eigenvalue weighted by molar-refractivity contribution is 5.66. The normalized spacial score (nSPS) is 12.7. The first-order chi connectivity index (χ1) is 9.21. The topological polar surface area (TPSA) is 70.8 Å². The Labute approximate surface area is 120 Å². The van der Waals surface area contributed by atoms with Gasteiger partial charge in [-0.05, 0) is 51.8 Å². The highest BCUT2D eigenvalue weighted by Gasteiger charge is 2.19. The Kier molecular flexibility index (Phi) is 5.39. The second-order valence-electron chi connectivity index (χ2n) is 5.73. The Hall–Kier alpha value is -1.75. The van der Waals surface area contributed by atoms with Gasteiger partial charge in [-0.3, -0.25) is 0 Å². The molecule has 5 nitrogen and oxygen atoms in total. The van der Waals surface area contributed by atoms with Crippen molar-refractivity contribution in [2.45, 2.75) is 45.8 Å². The molecule has 0 aliphatic rings. The van der Waals surface area contributed by atoms with E-state index in [0.717, 1.165) is 12.0 Å². The summed E-state index contributed by atoms with van der Waals surface area (Å²) in [7, 11) is 1.52. The van der Waals surface area contributed by atoms with E-state index < -0.39 is 11.8 Å². The minimum Gasteiger partial charge on any atom is -0.493 e. The molecule has 0 amide bonds. The summed E-state index contributed by atoms with van der Waals surface area (Å²) in [5.41, 5.74) is 6.18. The van der Waals surface area contributed by atoms with Crippen LogP contribution in [0.2, 0.25) is 0 Å². The third-order valence-corrected chi connectivity index (χ3v) is 2.37. The van der Waals surface area contributed by atoms with Gasteiger partial charge in [0.2, 0.25) is 0 Å². The molecule has 1 rings (SSSR count). The number of rotatable bonds is 4. The molecule has 5 heteroatoms. The predicted octanol–water partition coefficient (Wildman–Crippen LogP) is 2.90. The molecule has 0 heterocycles. The minimum absolute atomic E-state index is 0.0531. The molecule has 0 fully saturated rings. The number of nitrogens with two attached hydrogens (primary N) is 1. The van der Waals surface area contributed by atoms with Gasteiger partial charge in [0.25, 0.3) is 0 Å². The van der Waals surface area contributed by atoms with Gasteiger partial charge in [0.15, 0.2) is 11.5 Å². The second kappa shape index (κ2) is 6.61. The van der Waals surface area contributed by atoms with Gasteiger partial charge in [-0.2, -0.15) is 0 Å². The number of carbonyl (C=O) groups is 1. The van der Waals surface area contributed by atoms with E-state index in [4.69, 9.17) is 19.9 Å². The largest absolute Gasteiger partial charge is 0.514 e. The third kappa shape index (κ3) is 5.48. The molecule has 0 radical (unpaired) electrons. The summed E-state index contributed by atoms with van der Waals surface area (Å²) in [6, 6.07) is 5.40. The molecule has 0 aliphatic heterocycles. The van der Waals surface area contributed by atoms with Crippen molar-refractivity contribution in [2.75, 3.05) is 7.11 Å². The summed E-state index contributed by atoms with van der Waals surface area (Å²) in [5, 5.41) is 0. The van der Waals surface area contributed by atoms with Gasteiger partial charge in [0, 0.05) is 6.04 Å². The lowest BCUT2D eigenvalue weighted by atomic mass is 10.1. The van der Waals surface area contributed by atoms with E-state index in [1.54, 1.807) is 26.8 Å². The van der Waals surface area contributed by atoms with E-state index in [1.807, 2.05) is 19.1 Å². The first-order valence-electron chi connectivity index (χ1n) is 6.54. The molecule has 112 valence electrons. The maximum absolute atomic E-state index is 11.6. The third-order valence-electron chi connectivity index (χ3n) is 2.37. The zero-order valence-electron chi connectivity index (χ0n) is 12.7. The van der Waals surface area contributed by atoms with Crippen LogP contribution in [-0.4, -0.2) is 24.9 Å². The molecule has 1 unspecified atom stereocenters. The zero-order chi connectivity index (χ0) is 15.3. The van der Waals surface area contributed by atoms with Crippen LogP contribution in [0.4, 0.5) is 4.79 Å². The van der Waals surface area contributed by atoms with Crippen molar-refractivity contribution < 1.29 is 19.0 Å². The summed E-state index contributed by atoms with van der Waals surface area (Å²) >= 11 is 0. The quantitative estimate of drug-likeness (QED) is 0.678. The molecule has 1 atom stereocenters. The van der Waals surface area contributed by atoms with Crippen LogP contribution in [0.15, 0.2) is 18.2 Å². The van der Waals surface area contributed by atoms with Crippen molar-refractivity contribution in [3.05, 3.63) is 23.8 Å². The van der Waals surface area contributed by atoms with Gasteiger partial charge in [0.1, 0.15) is 5.60 Å². The first kappa shape index (κ1) is 16.3. The summed E-state index contributed by atoms with van der Waals surface area (Å²) in [5.74, 6) is 0.809. The van der Waals surface area contributed by atoms with E-state index in [-0.39, 0.29) is 6.04 Å². The Bertz CT molecular complexity index is 463. The van der Waals surface area contributed by atoms with Gasteiger partial charge >= 0.3 is 6.16 Å². The first-order valence-corrected chi connectivity index (χ1v) is 6.54. The van der Waals surface area contributed by atoms with Crippen LogP contribution in [0.25, 0.3) is 0 Å². The Morgan fingerprint density at radius 2 is 1.95 bits per heavy atom. The standard InChI is InChI=1S/C15H23NO4/c1-10(16)8-11-6-7-12(13(9-11)18-5)19-14(17)20-15(2,3)4/h6-7,9-10H,8,16H2,1-5H3. The number of hydrogen-bond donors (Lipinski definition) is 1. The molecule has 2 N–H and O–H groups in total. The van der Waals surface area contributed by atoms with Gasteiger partial charge in [-0.25, -0.2) is 4.79 Å². The Morgan fingerprint density at radius 1 is 1.30 bits per heavy atom. The number of methoxy groups -OCH3 is 1. The van der Waals surface area contributed by atoms with Crippen molar-refractivity contribution >= 4 is 6.16 Å². The molecule has 0 bridgehead atoms. The van der Waals surface area contributed by atoms with Gasteiger partial charge in [-0.15, -0.1) is 0 Å². The summed E-state index contributed by atoms with van der Waals surface area (Å²) < 4.78 is 15.5. The second-order valence-corrected chi connectivity index (χ2v) is 5.73. The fraction of sp³-hybridized carbons (Fsp3) is 0.533. The van der Waals surface area contributed by atoms with E-state index in [0.29, 0.717) is 11.5 Å². The average molecular weight is 281 g/mol. The fourth-order valence-corrected chi connectivity index (χ4v) is 1.66. The van der Waals surface area contributed by atoms with Crippen LogP contribution in [0, 0.1) is 0 Å². The number of hydrogen-bond acceptors (Lipinski definition) is 5. The zero-order valence-corrected chi connectivity index (χ0v) is 12.7. The number of carbonyl (C=O) groups excluding carboxylic acids is 1. The van der Waals surface area contributed by atoms with E-state index in [2.05, 4.69) is 0 Å². The maximum Gasteiger partial charge on any atom is 0.514 e. The van der Waals surface area contributed by atoms with Crippen LogP contribution in [0.3, 0.4) is 0 Å². The molecule has 0 saturated heterocycles. The SMILES string of the molecule is COc1cc(CC(C)N)ccc1OC(=O)OC(C)(C)C. The summed E-state index contributed by atoms with van der Waals surface area (Å²) in [4.78, 5) is 11.6. The monoisotopic (exact) mass is 281 g/mol. The van der Waals surface area contributed by atoms with Gasteiger partial charge < -0.3 is 19.9 Å². The van der Waals surface area contributed by atoms with Crippen molar-refractivity contribution in [2.24, 2.45) is 5.73 Å². The van der Waals surface area contributed by atoms with Gasteiger partial charge in [0.05, 0.1) is 7.11 Å². The van der Waals surface area contributed by atoms with Gasteiger partial charge in [-0.1, -0.05) is 6.07 Å². The predicted molar refractivity (Wildman–Crippen MR) is 77.2 cm³/mol. The smallest absolute Gasteiger partial charge is 0.493 e. The molecular weight excluding hydrogens is 258 g/mol. The van der Waals surface area contributed by atoms with Crippen LogP contribution in [-0.2, 0) is 11.2 Å². The lowest BCUT2D eigenvalue weighted by Gasteiger charge is -2.19. The minimum atomic E-state index is -0.754. The molecule has 0 saturated carbocycles. The highest BCUT2D eigenvalue weighted by atomic mass is 16.7. The average Bonchev–Trinajstić information content (AvgIpc) is 2.27. The molecule has 1 aromatic carbocycles. The lowest BCUT2D eigenvalue weighted by molar-refractivity contribution is 0.0201. The maximum atomic E-state index is 11.6.